The van der Waals surface area contributed by atoms with Gasteiger partial charge in [0.25, 0.3) is 5.56 Å². The molecule has 2 aromatic rings. The topological polar surface area (TPSA) is 49.0 Å². The lowest BCUT2D eigenvalue weighted by atomic mass is 10.1. The second kappa shape index (κ2) is 6.40. The summed E-state index contributed by atoms with van der Waals surface area (Å²) in [6, 6.07) is 4.40. The van der Waals surface area contributed by atoms with Gasteiger partial charge in [0.15, 0.2) is 5.16 Å². The molecule has 22 heavy (non-hydrogen) atoms. The van der Waals surface area contributed by atoms with Gasteiger partial charge >= 0.3 is 0 Å². The van der Waals surface area contributed by atoms with Gasteiger partial charge in [0.2, 0.25) is 0 Å². The Morgan fingerprint density at radius 2 is 2.32 bits per heavy atom. The van der Waals surface area contributed by atoms with Crippen LogP contribution in [-0.2, 0) is 19.5 Å². The zero-order valence-electron chi connectivity index (χ0n) is 12.0. The fourth-order valence-electron chi connectivity index (χ4n) is 2.58. The van der Waals surface area contributed by atoms with Crippen LogP contribution in [0.1, 0.15) is 16.8 Å². The number of aromatic amines is 1. The SMILES string of the molecule is CSc1nc2c(c(=O)[nH]1)CN(Cc1ccc(F)cc1Cl)CC2. The molecule has 0 amide bonds. The molecule has 1 aliphatic rings. The van der Waals surface area contributed by atoms with Gasteiger partial charge in [-0.25, -0.2) is 9.37 Å². The zero-order chi connectivity index (χ0) is 15.7. The van der Waals surface area contributed by atoms with Crippen molar-refractivity contribution in [2.75, 3.05) is 12.8 Å². The molecule has 0 atom stereocenters. The molecule has 1 N–H and O–H groups in total. The van der Waals surface area contributed by atoms with Crippen LogP contribution in [0.2, 0.25) is 5.02 Å². The van der Waals surface area contributed by atoms with E-state index in [0.29, 0.717) is 28.8 Å². The summed E-state index contributed by atoms with van der Waals surface area (Å²) in [5, 5.41) is 1.06. The minimum Gasteiger partial charge on any atom is -0.301 e. The minimum atomic E-state index is -0.344. The van der Waals surface area contributed by atoms with Crippen molar-refractivity contribution in [3.63, 3.8) is 0 Å². The number of nitrogens with one attached hydrogen (secondary N) is 1. The second-order valence-electron chi connectivity index (χ2n) is 5.20. The average Bonchev–Trinajstić information content (AvgIpc) is 2.50. The Bertz CT molecular complexity index is 765. The number of hydrogen-bond donors (Lipinski definition) is 1. The fraction of sp³-hybridized carbons (Fsp3) is 0.333. The summed E-state index contributed by atoms with van der Waals surface area (Å²) in [4.78, 5) is 21.5. The molecule has 0 saturated carbocycles. The van der Waals surface area contributed by atoms with E-state index in [1.165, 1.54) is 23.9 Å². The molecule has 3 rings (SSSR count). The van der Waals surface area contributed by atoms with Crippen LogP contribution in [0.3, 0.4) is 0 Å². The molecule has 0 spiro atoms. The Morgan fingerprint density at radius 3 is 3.05 bits per heavy atom. The molecule has 7 heteroatoms. The molecule has 0 fully saturated rings. The lowest BCUT2D eigenvalue weighted by Gasteiger charge is -2.27. The Morgan fingerprint density at radius 1 is 1.50 bits per heavy atom. The number of rotatable bonds is 3. The average molecular weight is 340 g/mol. The minimum absolute atomic E-state index is 0.0794. The highest BCUT2D eigenvalue weighted by molar-refractivity contribution is 7.98. The maximum Gasteiger partial charge on any atom is 0.256 e. The first-order valence-electron chi connectivity index (χ1n) is 6.89. The highest BCUT2D eigenvalue weighted by Gasteiger charge is 2.21. The molecule has 116 valence electrons. The number of fused-ring (bicyclic) bond motifs is 1. The number of nitrogens with zero attached hydrogens (tertiary/aromatic N) is 2. The predicted octanol–water partition coefficient (Wildman–Crippen LogP) is 2.84. The van der Waals surface area contributed by atoms with Gasteiger partial charge in [-0.05, 0) is 24.0 Å². The number of hydrogen-bond acceptors (Lipinski definition) is 4. The van der Waals surface area contributed by atoms with E-state index in [4.69, 9.17) is 11.6 Å². The summed E-state index contributed by atoms with van der Waals surface area (Å²) in [5.74, 6) is -0.344. The van der Waals surface area contributed by atoms with Gasteiger partial charge in [0.05, 0.1) is 11.3 Å². The third kappa shape index (κ3) is 3.19. The van der Waals surface area contributed by atoms with Crippen LogP contribution in [0.25, 0.3) is 0 Å². The van der Waals surface area contributed by atoms with Crippen LogP contribution in [0, 0.1) is 5.82 Å². The largest absolute Gasteiger partial charge is 0.301 e. The van der Waals surface area contributed by atoms with Crippen molar-refractivity contribution in [2.24, 2.45) is 0 Å². The van der Waals surface area contributed by atoms with Gasteiger partial charge < -0.3 is 4.98 Å². The quantitative estimate of drug-likeness (QED) is 0.690. The molecule has 1 aromatic heterocycles. The van der Waals surface area contributed by atoms with E-state index in [1.54, 1.807) is 6.07 Å². The van der Waals surface area contributed by atoms with E-state index >= 15 is 0 Å². The third-order valence-electron chi connectivity index (χ3n) is 3.73. The van der Waals surface area contributed by atoms with Crippen LogP contribution in [-0.4, -0.2) is 27.7 Å². The first-order chi connectivity index (χ1) is 10.6. The predicted molar refractivity (Wildman–Crippen MR) is 85.9 cm³/mol. The summed E-state index contributed by atoms with van der Waals surface area (Å²) in [6.07, 6.45) is 2.61. The Hall–Kier alpha value is -1.37. The smallest absolute Gasteiger partial charge is 0.256 e. The van der Waals surface area contributed by atoms with Crippen molar-refractivity contribution in [3.8, 4) is 0 Å². The molecule has 1 aromatic carbocycles. The van der Waals surface area contributed by atoms with Crippen LogP contribution in [0.4, 0.5) is 4.39 Å². The lowest BCUT2D eigenvalue weighted by Crippen LogP contribution is -2.35. The van der Waals surface area contributed by atoms with Gasteiger partial charge in [-0.3, -0.25) is 9.69 Å². The molecular formula is C15H15ClFN3OS. The van der Waals surface area contributed by atoms with Crippen molar-refractivity contribution in [1.29, 1.82) is 0 Å². The van der Waals surface area contributed by atoms with E-state index in [1.807, 2.05) is 6.26 Å². The molecule has 1 aliphatic heterocycles. The monoisotopic (exact) mass is 339 g/mol. The molecule has 0 bridgehead atoms. The van der Waals surface area contributed by atoms with Gasteiger partial charge in [-0.15, -0.1) is 0 Å². The molecule has 0 aliphatic carbocycles. The second-order valence-corrected chi connectivity index (χ2v) is 6.40. The number of H-pyrrole nitrogens is 1. The summed E-state index contributed by atoms with van der Waals surface area (Å²) in [6.45, 7) is 1.91. The van der Waals surface area contributed by atoms with E-state index in [-0.39, 0.29) is 11.4 Å². The van der Waals surface area contributed by atoms with Crippen molar-refractivity contribution < 1.29 is 4.39 Å². The number of thioether (sulfide) groups is 1. The van der Waals surface area contributed by atoms with Crippen molar-refractivity contribution >= 4 is 23.4 Å². The molecule has 0 saturated heterocycles. The van der Waals surface area contributed by atoms with Crippen LogP contribution < -0.4 is 5.56 Å². The zero-order valence-corrected chi connectivity index (χ0v) is 13.6. The first-order valence-corrected chi connectivity index (χ1v) is 8.49. The van der Waals surface area contributed by atoms with Crippen molar-refractivity contribution in [2.45, 2.75) is 24.7 Å². The normalized spacial score (nSPS) is 14.9. The molecular weight excluding hydrogens is 325 g/mol. The summed E-state index contributed by atoms with van der Waals surface area (Å²) < 4.78 is 13.1. The van der Waals surface area contributed by atoms with Gasteiger partial charge in [0.1, 0.15) is 5.82 Å². The molecule has 4 nitrogen and oxygen atoms in total. The summed E-state index contributed by atoms with van der Waals surface area (Å²) >= 11 is 7.50. The highest BCUT2D eigenvalue weighted by Crippen LogP contribution is 2.22. The Kier molecular flexibility index (Phi) is 4.52. The summed E-state index contributed by atoms with van der Waals surface area (Å²) in [7, 11) is 0. The fourth-order valence-corrected chi connectivity index (χ4v) is 3.20. The first kappa shape index (κ1) is 15.5. The summed E-state index contributed by atoms with van der Waals surface area (Å²) in [5.41, 5.74) is 2.36. The van der Waals surface area contributed by atoms with E-state index in [2.05, 4.69) is 14.9 Å². The van der Waals surface area contributed by atoms with Crippen molar-refractivity contribution in [3.05, 3.63) is 56.2 Å². The Balaban J connectivity index is 1.81. The Labute approximate surface area is 136 Å². The third-order valence-corrected chi connectivity index (χ3v) is 4.66. The maximum atomic E-state index is 13.1. The highest BCUT2D eigenvalue weighted by atomic mass is 35.5. The van der Waals surface area contributed by atoms with Crippen LogP contribution in [0.15, 0.2) is 28.2 Å². The number of aromatic nitrogens is 2. The maximum absolute atomic E-state index is 13.1. The van der Waals surface area contributed by atoms with Crippen molar-refractivity contribution in [1.82, 2.24) is 14.9 Å². The molecule has 0 unspecified atom stereocenters. The molecule has 0 radical (unpaired) electrons. The van der Waals surface area contributed by atoms with E-state index < -0.39 is 0 Å². The van der Waals surface area contributed by atoms with Crippen LogP contribution >= 0.6 is 23.4 Å². The van der Waals surface area contributed by atoms with Crippen LogP contribution in [0.5, 0.6) is 0 Å². The standard InChI is InChI=1S/C15H15ClFN3OS/c1-22-15-18-13-4-5-20(8-11(13)14(21)19-15)7-9-2-3-10(17)6-12(9)16/h2-3,6H,4-5,7-8H2,1H3,(H,18,19,21). The number of benzene rings is 1. The lowest BCUT2D eigenvalue weighted by molar-refractivity contribution is 0.241. The van der Waals surface area contributed by atoms with Gasteiger partial charge in [-0.1, -0.05) is 29.4 Å². The van der Waals surface area contributed by atoms with Gasteiger partial charge in [-0.2, -0.15) is 0 Å². The molecule has 2 heterocycles. The van der Waals surface area contributed by atoms with Gasteiger partial charge in [0, 0.05) is 31.1 Å². The number of halogens is 2. The van der Waals surface area contributed by atoms with E-state index in [9.17, 15) is 9.18 Å². The van der Waals surface area contributed by atoms with E-state index in [0.717, 1.165) is 24.2 Å².